The van der Waals surface area contributed by atoms with Crippen molar-refractivity contribution >= 4 is 29.3 Å². The molecule has 0 aliphatic heterocycles. The fourth-order valence-corrected chi connectivity index (χ4v) is 5.09. The third-order valence-corrected chi connectivity index (χ3v) is 7.40. The van der Waals surface area contributed by atoms with E-state index in [1.807, 2.05) is 79.9 Å². The van der Waals surface area contributed by atoms with Crippen molar-refractivity contribution in [3.63, 3.8) is 0 Å². The molecule has 0 radical (unpaired) electrons. The molecule has 2 N–H and O–H groups in total. The third kappa shape index (κ3) is 7.51. The number of carbonyl (C=O) groups excluding carboxylic acids is 1. The van der Waals surface area contributed by atoms with Crippen LogP contribution in [0.2, 0.25) is 0 Å². The van der Waals surface area contributed by atoms with E-state index in [1.54, 1.807) is 30.0 Å². The first-order valence-electron chi connectivity index (χ1n) is 13.1. The van der Waals surface area contributed by atoms with Crippen molar-refractivity contribution in [1.29, 1.82) is 0 Å². The van der Waals surface area contributed by atoms with Crippen LogP contribution in [0.4, 0.5) is 10.1 Å². The van der Waals surface area contributed by atoms with Gasteiger partial charge in [0.1, 0.15) is 11.9 Å². The highest BCUT2D eigenvalue weighted by molar-refractivity contribution is 7.98. The number of carbonyl (C=O) groups is 2. The summed E-state index contributed by atoms with van der Waals surface area (Å²) in [7, 11) is 0. The number of para-hydroxylation sites is 1. The number of carboxylic acids is 1. The van der Waals surface area contributed by atoms with Gasteiger partial charge in [0, 0.05) is 24.3 Å². The van der Waals surface area contributed by atoms with Crippen molar-refractivity contribution in [3.8, 4) is 11.1 Å². The molecular formula is C33H33FN2O3S. The van der Waals surface area contributed by atoms with Gasteiger partial charge in [-0.15, -0.1) is 0 Å². The second-order valence-corrected chi connectivity index (χ2v) is 10.6. The van der Waals surface area contributed by atoms with Crippen molar-refractivity contribution in [2.75, 3.05) is 16.9 Å². The van der Waals surface area contributed by atoms with E-state index >= 15 is 0 Å². The lowest BCUT2D eigenvalue weighted by molar-refractivity contribution is -0.139. The molecule has 1 atom stereocenters. The van der Waals surface area contributed by atoms with Gasteiger partial charge in [0.15, 0.2) is 0 Å². The van der Waals surface area contributed by atoms with Gasteiger partial charge in [-0.05, 0) is 89.6 Å². The molecule has 1 amide bonds. The van der Waals surface area contributed by atoms with Crippen LogP contribution in [0.1, 0.15) is 33.5 Å². The summed E-state index contributed by atoms with van der Waals surface area (Å²) < 4.78 is 13.5. The number of aliphatic carboxylic acids is 1. The van der Waals surface area contributed by atoms with Crippen molar-refractivity contribution in [3.05, 3.63) is 125 Å². The average Bonchev–Trinajstić information content (AvgIpc) is 2.96. The van der Waals surface area contributed by atoms with E-state index in [4.69, 9.17) is 0 Å². The van der Waals surface area contributed by atoms with Gasteiger partial charge in [0.25, 0.3) is 5.91 Å². The fraction of sp³-hybridized carbons (Fsp3) is 0.212. The Kier molecular flexibility index (Phi) is 9.97. The third-order valence-electron chi connectivity index (χ3n) is 6.76. The number of amides is 1. The van der Waals surface area contributed by atoms with Crippen LogP contribution in [0.15, 0.2) is 97.1 Å². The zero-order chi connectivity index (χ0) is 28.5. The van der Waals surface area contributed by atoms with Crippen LogP contribution < -0.4 is 10.2 Å². The molecule has 0 aromatic heterocycles. The molecule has 0 fully saturated rings. The number of nitrogens with one attached hydrogen (secondary N) is 1. The Balaban J connectivity index is 1.70. The van der Waals surface area contributed by atoms with Gasteiger partial charge in [-0.2, -0.15) is 11.8 Å². The zero-order valence-corrected chi connectivity index (χ0v) is 23.5. The van der Waals surface area contributed by atoms with Gasteiger partial charge >= 0.3 is 5.97 Å². The molecule has 40 heavy (non-hydrogen) atoms. The Bertz CT molecular complexity index is 1440. The van der Waals surface area contributed by atoms with Crippen LogP contribution in [0.25, 0.3) is 11.1 Å². The van der Waals surface area contributed by atoms with Crippen LogP contribution in [-0.2, 0) is 17.9 Å². The van der Waals surface area contributed by atoms with Crippen molar-refractivity contribution in [2.45, 2.75) is 32.5 Å². The number of hydrogen-bond acceptors (Lipinski definition) is 4. The highest BCUT2D eigenvalue weighted by Crippen LogP contribution is 2.30. The molecule has 4 aromatic carbocycles. The number of hydrogen-bond donors (Lipinski definition) is 2. The average molecular weight is 557 g/mol. The predicted octanol–water partition coefficient (Wildman–Crippen LogP) is 6.94. The van der Waals surface area contributed by atoms with E-state index in [2.05, 4.69) is 10.2 Å². The molecule has 0 aliphatic carbocycles. The highest BCUT2D eigenvalue weighted by atomic mass is 32.2. The van der Waals surface area contributed by atoms with E-state index in [-0.39, 0.29) is 5.82 Å². The zero-order valence-electron chi connectivity index (χ0n) is 22.6. The van der Waals surface area contributed by atoms with Gasteiger partial charge in [0.05, 0.1) is 0 Å². The monoisotopic (exact) mass is 556 g/mol. The number of nitrogens with zero attached hydrogens (tertiary/aromatic N) is 1. The minimum absolute atomic E-state index is 0.273. The van der Waals surface area contributed by atoms with E-state index < -0.39 is 17.9 Å². The lowest BCUT2D eigenvalue weighted by Crippen LogP contribution is -2.41. The molecule has 0 unspecified atom stereocenters. The van der Waals surface area contributed by atoms with Crippen LogP contribution in [0, 0.1) is 12.7 Å². The summed E-state index contributed by atoms with van der Waals surface area (Å²) in [6, 6.07) is 29.1. The van der Waals surface area contributed by atoms with Crippen molar-refractivity contribution in [1.82, 2.24) is 5.32 Å². The summed E-state index contributed by atoms with van der Waals surface area (Å²) >= 11 is 1.54. The minimum Gasteiger partial charge on any atom is -0.480 e. The molecule has 206 valence electrons. The number of halogens is 1. The largest absolute Gasteiger partial charge is 0.480 e. The summed E-state index contributed by atoms with van der Waals surface area (Å²) in [6.45, 7) is 3.11. The number of anilines is 1. The highest BCUT2D eigenvalue weighted by Gasteiger charge is 2.23. The summed E-state index contributed by atoms with van der Waals surface area (Å²) in [5, 5.41) is 12.4. The maximum absolute atomic E-state index is 13.5. The molecule has 0 saturated carbocycles. The van der Waals surface area contributed by atoms with Crippen LogP contribution in [0.5, 0.6) is 0 Å². The van der Waals surface area contributed by atoms with E-state index in [9.17, 15) is 19.1 Å². The first-order chi connectivity index (χ1) is 19.4. The molecule has 4 rings (SSSR count). The quantitative estimate of drug-likeness (QED) is 0.198. The summed E-state index contributed by atoms with van der Waals surface area (Å²) in [6.07, 6.45) is 2.25. The number of benzene rings is 4. The second-order valence-electron chi connectivity index (χ2n) is 9.66. The topological polar surface area (TPSA) is 69.6 Å². The molecule has 4 aromatic rings. The molecule has 0 heterocycles. The minimum atomic E-state index is -1.05. The van der Waals surface area contributed by atoms with Gasteiger partial charge in [0.2, 0.25) is 0 Å². The van der Waals surface area contributed by atoms with Gasteiger partial charge < -0.3 is 15.3 Å². The molecule has 5 nitrogen and oxygen atoms in total. The first kappa shape index (κ1) is 28.9. The summed E-state index contributed by atoms with van der Waals surface area (Å²) in [5.41, 5.74) is 6.08. The lowest BCUT2D eigenvalue weighted by Gasteiger charge is -2.26. The molecule has 7 heteroatoms. The summed E-state index contributed by atoms with van der Waals surface area (Å²) in [4.78, 5) is 27.4. The maximum atomic E-state index is 13.5. The van der Waals surface area contributed by atoms with Crippen LogP contribution >= 0.6 is 11.8 Å². The normalized spacial score (nSPS) is 11.6. The standard InChI is InChI=1S/C33H33FN2O3S/c1-23-8-6-7-11-28(23)30-20-25(14-17-29(30)32(37)35-31(33(38)39)18-19-40-2)22-36(27-9-4-3-5-10-27)21-24-12-15-26(34)16-13-24/h3-17,20,31H,18-19,21-22H2,1-2H3,(H,35,37)(H,38,39)/t31-/m0/s1. The number of rotatable bonds is 12. The number of aryl methyl sites for hydroxylation is 1. The first-order valence-corrected chi connectivity index (χ1v) is 14.5. The Hall–Kier alpha value is -4.10. The summed E-state index contributed by atoms with van der Waals surface area (Å²) in [5.74, 6) is -1.10. The smallest absolute Gasteiger partial charge is 0.326 e. The number of thioether (sulfide) groups is 1. The predicted molar refractivity (Wildman–Crippen MR) is 161 cm³/mol. The number of carboxylic acid groups (broad SMARTS) is 1. The van der Waals surface area contributed by atoms with Gasteiger partial charge in [-0.25, -0.2) is 9.18 Å². The molecule has 0 bridgehead atoms. The van der Waals surface area contributed by atoms with E-state index in [0.29, 0.717) is 30.8 Å². The van der Waals surface area contributed by atoms with Gasteiger partial charge in [-0.1, -0.05) is 60.7 Å². The van der Waals surface area contributed by atoms with Crippen LogP contribution in [0.3, 0.4) is 0 Å². The lowest BCUT2D eigenvalue weighted by atomic mass is 9.93. The SMILES string of the molecule is CSCC[C@H](NC(=O)c1ccc(CN(Cc2ccc(F)cc2)c2ccccc2)cc1-c1ccccc1C)C(=O)O. The maximum Gasteiger partial charge on any atom is 0.326 e. The van der Waals surface area contributed by atoms with E-state index in [1.165, 1.54) is 12.1 Å². The molecular weight excluding hydrogens is 523 g/mol. The Morgan fingerprint density at radius 2 is 1.52 bits per heavy atom. The molecule has 0 aliphatic rings. The van der Waals surface area contributed by atoms with Crippen molar-refractivity contribution in [2.24, 2.45) is 0 Å². The Morgan fingerprint density at radius 1 is 0.875 bits per heavy atom. The fourth-order valence-electron chi connectivity index (χ4n) is 4.62. The van der Waals surface area contributed by atoms with E-state index in [0.717, 1.165) is 33.5 Å². The Labute approximate surface area is 239 Å². The van der Waals surface area contributed by atoms with Gasteiger partial charge in [-0.3, -0.25) is 4.79 Å². The second kappa shape index (κ2) is 13.8. The van der Waals surface area contributed by atoms with Crippen molar-refractivity contribution < 1.29 is 19.1 Å². The van der Waals surface area contributed by atoms with Crippen LogP contribution in [-0.4, -0.2) is 35.0 Å². The molecule has 0 spiro atoms. The molecule has 0 saturated heterocycles. The Morgan fingerprint density at radius 3 is 2.20 bits per heavy atom.